The van der Waals surface area contributed by atoms with Crippen LogP contribution in [0.1, 0.15) is 31.4 Å². The predicted molar refractivity (Wildman–Crippen MR) is 116 cm³/mol. The molecule has 2 bridgehead atoms. The topological polar surface area (TPSA) is 51.2 Å². The van der Waals surface area contributed by atoms with E-state index < -0.39 is 11.6 Å². The van der Waals surface area contributed by atoms with Crippen molar-refractivity contribution in [3.8, 4) is 11.1 Å². The second-order valence-electron chi connectivity index (χ2n) is 8.26. The average molecular weight is 422 g/mol. The normalized spacial score (nSPS) is 24.4. The summed E-state index contributed by atoms with van der Waals surface area (Å²) in [7, 11) is 0. The molecule has 2 aliphatic heterocycles. The van der Waals surface area contributed by atoms with Gasteiger partial charge in [0.25, 0.3) is 0 Å². The van der Waals surface area contributed by atoms with Gasteiger partial charge in [-0.05, 0) is 61.7 Å². The Morgan fingerprint density at radius 3 is 2.58 bits per heavy atom. The highest BCUT2D eigenvalue weighted by molar-refractivity contribution is 5.94. The van der Waals surface area contributed by atoms with Gasteiger partial charge in [-0.1, -0.05) is 18.2 Å². The highest BCUT2D eigenvalue weighted by Gasteiger charge is 2.53. The molecule has 0 spiro atoms. The fourth-order valence-corrected chi connectivity index (χ4v) is 4.84. The highest BCUT2D eigenvalue weighted by Crippen LogP contribution is 2.48. The number of carbonyl (C=O) groups excluding carboxylic acids is 1. The Morgan fingerprint density at radius 2 is 1.81 bits per heavy atom. The lowest BCUT2D eigenvalue weighted by atomic mass is 9.76. The molecule has 1 N–H and O–H groups in total. The number of hydrogen-bond acceptors (Lipinski definition) is 3. The zero-order valence-electron chi connectivity index (χ0n) is 17.0. The quantitative estimate of drug-likeness (QED) is 0.606. The van der Waals surface area contributed by atoms with Crippen molar-refractivity contribution >= 4 is 11.6 Å². The van der Waals surface area contributed by atoms with Crippen LogP contribution in [0, 0.1) is 24.5 Å². The van der Waals surface area contributed by atoms with Crippen molar-refractivity contribution in [2.45, 2.75) is 37.9 Å². The Labute approximate surface area is 180 Å². The highest BCUT2D eigenvalue weighted by atomic mass is 19.1. The number of ether oxygens (including phenoxy) is 1. The van der Waals surface area contributed by atoms with Crippen LogP contribution in [-0.2, 0) is 9.53 Å². The molecule has 0 saturated carbocycles. The minimum atomic E-state index is -0.594. The van der Waals surface area contributed by atoms with E-state index >= 15 is 0 Å². The zero-order chi connectivity index (χ0) is 21.5. The predicted octanol–water partition coefficient (Wildman–Crippen LogP) is 5.48. The van der Waals surface area contributed by atoms with E-state index in [1.165, 1.54) is 24.3 Å². The van der Waals surface area contributed by atoms with Crippen LogP contribution < -0.4 is 5.32 Å². The van der Waals surface area contributed by atoms with E-state index in [9.17, 15) is 13.6 Å². The van der Waals surface area contributed by atoms with E-state index in [1.54, 1.807) is 24.4 Å². The number of nitrogens with one attached hydrogen (secondary N) is 1. The molecule has 160 valence electrons. The molecule has 1 amide bonds. The molecular weight excluding hydrogens is 398 g/mol. The number of aryl methyl sites for hydroxylation is 1. The van der Waals surface area contributed by atoms with Crippen molar-refractivity contribution in [3.05, 3.63) is 83.7 Å². The maximum Gasteiger partial charge on any atom is 0.230 e. The molecule has 4 atom stereocenters. The summed E-state index contributed by atoms with van der Waals surface area (Å²) in [6, 6.07) is 14.3. The number of pyridine rings is 1. The second-order valence-corrected chi connectivity index (χ2v) is 8.26. The zero-order valence-corrected chi connectivity index (χ0v) is 17.0. The first-order chi connectivity index (χ1) is 15.0. The first-order valence-corrected chi connectivity index (χ1v) is 10.4. The van der Waals surface area contributed by atoms with Gasteiger partial charge in [-0.15, -0.1) is 0 Å². The van der Waals surface area contributed by atoms with Crippen LogP contribution in [0.5, 0.6) is 0 Å². The summed E-state index contributed by atoms with van der Waals surface area (Å²) in [5, 5.41) is 2.84. The summed E-state index contributed by atoms with van der Waals surface area (Å²) < 4.78 is 34.8. The fraction of sp³-hybridized carbons (Fsp3) is 0.280. The molecule has 0 aliphatic carbocycles. The number of halogens is 2. The molecule has 1 aromatic heterocycles. The minimum Gasteiger partial charge on any atom is -0.373 e. The molecule has 2 saturated heterocycles. The van der Waals surface area contributed by atoms with Crippen LogP contribution in [-0.4, -0.2) is 23.1 Å². The van der Waals surface area contributed by atoms with Crippen LogP contribution in [0.2, 0.25) is 0 Å². The molecule has 2 aromatic carbocycles. The van der Waals surface area contributed by atoms with E-state index in [0.29, 0.717) is 5.69 Å². The summed E-state index contributed by atoms with van der Waals surface area (Å²) in [4.78, 5) is 17.7. The van der Waals surface area contributed by atoms with E-state index in [1.807, 2.05) is 19.1 Å². The minimum absolute atomic E-state index is 0. The molecule has 3 aromatic rings. The van der Waals surface area contributed by atoms with Gasteiger partial charge >= 0.3 is 0 Å². The van der Waals surface area contributed by atoms with Crippen LogP contribution in [0.25, 0.3) is 11.1 Å². The summed E-state index contributed by atoms with van der Waals surface area (Å²) in [6.07, 6.45) is 3.28. The molecule has 3 unspecified atom stereocenters. The lowest BCUT2D eigenvalue weighted by Crippen LogP contribution is -2.36. The van der Waals surface area contributed by atoms with Gasteiger partial charge in [0.15, 0.2) is 0 Å². The third-order valence-corrected chi connectivity index (χ3v) is 6.25. The summed E-state index contributed by atoms with van der Waals surface area (Å²) in [5.74, 6) is -1.81. The number of amides is 1. The number of benzene rings is 2. The van der Waals surface area contributed by atoms with Crippen molar-refractivity contribution in [3.63, 3.8) is 0 Å². The first kappa shape index (κ1) is 19.8. The first-order valence-electron chi connectivity index (χ1n) is 10.4. The number of carbonyl (C=O) groups is 1. The molecule has 6 heteroatoms. The van der Waals surface area contributed by atoms with E-state index in [-0.39, 0.29) is 42.5 Å². The number of nitrogens with zero attached hydrogens (tertiary/aromatic N) is 1. The maximum atomic E-state index is 14.7. The van der Waals surface area contributed by atoms with Gasteiger partial charge in [0, 0.05) is 36.0 Å². The van der Waals surface area contributed by atoms with Crippen LogP contribution in [0.4, 0.5) is 14.5 Å². The number of hydrogen-bond donors (Lipinski definition) is 1. The lowest BCUT2D eigenvalue weighted by molar-refractivity contribution is -0.121. The summed E-state index contributed by atoms with van der Waals surface area (Å²) >= 11 is 0. The van der Waals surface area contributed by atoms with E-state index in [4.69, 9.17) is 4.74 Å². The van der Waals surface area contributed by atoms with Gasteiger partial charge in [-0.2, -0.15) is 0 Å². The van der Waals surface area contributed by atoms with Gasteiger partial charge in [-0.3, -0.25) is 9.78 Å². The van der Waals surface area contributed by atoms with Crippen LogP contribution >= 0.6 is 0 Å². The molecular formula is C25H24F2N2O2. The number of anilines is 1. The summed E-state index contributed by atoms with van der Waals surface area (Å²) in [5.41, 5.74) is 2.61. The smallest absolute Gasteiger partial charge is 0.230 e. The molecule has 2 fully saturated rings. The Balaban J connectivity index is 0.00000245. The maximum absolute atomic E-state index is 14.7. The van der Waals surface area contributed by atoms with Gasteiger partial charge < -0.3 is 10.1 Å². The average Bonchev–Trinajstić information content (AvgIpc) is 3.36. The van der Waals surface area contributed by atoms with Gasteiger partial charge in [-0.25, -0.2) is 8.78 Å². The van der Waals surface area contributed by atoms with E-state index in [2.05, 4.69) is 10.3 Å². The largest absolute Gasteiger partial charge is 0.373 e. The number of fused-ring (bicyclic) bond motifs is 2. The Bertz CT molecular complexity index is 1160. The Morgan fingerprint density at radius 1 is 1.03 bits per heavy atom. The van der Waals surface area contributed by atoms with Gasteiger partial charge in [0.1, 0.15) is 11.6 Å². The van der Waals surface area contributed by atoms with Crippen molar-refractivity contribution < 1.29 is 19.7 Å². The van der Waals surface area contributed by atoms with Crippen LogP contribution in [0.15, 0.2) is 60.8 Å². The van der Waals surface area contributed by atoms with E-state index in [0.717, 1.165) is 24.1 Å². The van der Waals surface area contributed by atoms with Crippen LogP contribution in [0.3, 0.4) is 0 Å². The molecule has 5 rings (SSSR count). The molecule has 3 heterocycles. The number of rotatable bonds is 4. The van der Waals surface area contributed by atoms with Gasteiger partial charge in [0.05, 0.1) is 18.1 Å². The lowest BCUT2D eigenvalue weighted by Gasteiger charge is -2.27. The molecule has 31 heavy (non-hydrogen) atoms. The SMILES string of the molecule is Cc1ccnc([C@@H]2C3CCC(O3)C2C(=O)Nc2ccc(-c3ccccc3F)c(F)c2)c1.[HH]. The monoisotopic (exact) mass is 422 g/mol. The second kappa shape index (κ2) is 7.85. The third kappa shape index (κ3) is 3.61. The number of aromatic nitrogens is 1. The molecule has 4 nitrogen and oxygen atoms in total. The van der Waals surface area contributed by atoms with Crippen molar-refractivity contribution in [1.29, 1.82) is 0 Å². The molecule has 2 aliphatic rings. The Kier molecular flexibility index (Phi) is 5.02. The third-order valence-electron chi connectivity index (χ3n) is 6.25. The summed E-state index contributed by atoms with van der Waals surface area (Å²) in [6.45, 7) is 1.99. The standard InChI is InChI=1S/C25H22F2N2O2.H2/c1-14-10-11-28-20(12-14)23-21-8-9-22(31-21)24(23)25(30)29-15-6-7-17(19(27)13-15)16-4-2-3-5-18(16)26;/h2-7,10-13,21-24H,8-9H2,1H3,(H,29,30);1H/t21?,22?,23-,24?;/m1./s1. The van der Waals surface area contributed by atoms with Crippen molar-refractivity contribution in [2.75, 3.05) is 5.32 Å². The van der Waals surface area contributed by atoms with Gasteiger partial charge in [0.2, 0.25) is 5.91 Å². The fourth-order valence-electron chi connectivity index (χ4n) is 4.84. The Hall–Kier alpha value is -3.12. The van der Waals surface area contributed by atoms with Crippen molar-refractivity contribution in [1.82, 2.24) is 4.98 Å². The molecule has 0 radical (unpaired) electrons. The van der Waals surface area contributed by atoms with Crippen molar-refractivity contribution in [2.24, 2.45) is 5.92 Å².